The Bertz CT molecular complexity index is 171. The number of hydrogen-bond donors (Lipinski definition) is 1. The predicted octanol–water partition coefficient (Wildman–Crippen LogP) is 1.68. The van der Waals surface area contributed by atoms with Crippen molar-refractivity contribution in [2.24, 2.45) is 5.92 Å². The summed E-state index contributed by atoms with van der Waals surface area (Å²) in [6.45, 7) is 2.22. The topological polar surface area (TPSA) is 35.8 Å². The van der Waals surface area contributed by atoms with Crippen LogP contribution < -0.4 is 5.32 Å². The molecular formula is C9H16N2. The highest BCUT2D eigenvalue weighted by Gasteiger charge is 2.32. The smallest absolute Gasteiger partial charge is 0.106 e. The van der Waals surface area contributed by atoms with Crippen LogP contribution in [0, 0.1) is 17.2 Å². The van der Waals surface area contributed by atoms with E-state index >= 15 is 0 Å². The van der Waals surface area contributed by atoms with Crippen LogP contribution in [0.4, 0.5) is 0 Å². The highest BCUT2D eigenvalue weighted by Crippen LogP contribution is 2.31. The van der Waals surface area contributed by atoms with Gasteiger partial charge in [0, 0.05) is 0 Å². The van der Waals surface area contributed by atoms with Crippen molar-refractivity contribution in [1.82, 2.24) is 5.32 Å². The predicted molar refractivity (Wildman–Crippen MR) is 45.0 cm³/mol. The maximum atomic E-state index is 8.95. The summed E-state index contributed by atoms with van der Waals surface area (Å²) in [6.07, 6.45) is 4.50. The Labute approximate surface area is 68.6 Å². The van der Waals surface area contributed by atoms with Crippen molar-refractivity contribution in [3.05, 3.63) is 0 Å². The lowest BCUT2D eigenvalue weighted by Gasteiger charge is -2.33. The first kappa shape index (κ1) is 8.55. The number of hydrogen-bond acceptors (Lipinski definition) is 2. The summed E-state index contributed by atoms with van der Waals surface area (Å²) in [7, 11) is 1.89. The fourth-order valence-corrected chi connectivity index (χ4v) is 1.94. The molecule has 2 atom stereocenters. The summed E-state index contributed by atoms with van der Waals surface area (Å²) < 4.78 is 0. The Morgan fingerprint density at radius 2 is 2.36 bits per heavy atom. The molecule has 1 fully saturated rings. The molecule has 0 aliphatic heterocycles. The maximum Gasteiger partial charge on any atom is 0.106 e. The molecule has 0 aromatic carbocycles. The van der Waals surface area contributed by atoms with Crippen molar-refractivity contribution < 1.29 is 0 Å². The molecule has 0 spiro atoms. The Kier molecular flexibility index (Phi) is 2.51. The molecule has 0 saturated heterocycles. The van der Waals surface area contributed by atoms with Gasteiger partial charge in [0.15, 0.2) is 0 Å². The molecule has 0 heterocycles. The molecular weight excluding hydrogens is 136 g/mol. The van der Waals surface area contributed by atoms with E-state index in [9.17, 15) is 0 Å². The summed E-state index contributed by atoms with van der Waals surface area (Å²) in [5.41, 5.74) is -0.211. The first-order valence-corrected chi connectivity index (χ1v) is 4.32. The molecule has 1 rings (SSSR count). The fourth-order valence-electron chi connectivity index (χ4n) is 1.94. The molecule has 0 unspecified atom stereocenters. The third-order valence-electron chi connectivity index (χ3n) is 2.69. The summed E-state index contributed by atoms with van der Waals surface area (Å²) >= 11 is 0. The van der Waals surface area contributed by atoms with Crippen LogP contribution in [-0.4, -0.2) is 12.6 Å². The number of rotatable bonds is 1. The van der Waals surface area contributed by atoms with E-state index in [1.807, 2.05) is 7.05 Å². The van der Waals surface area contributed by atoms with Crippen molar-refractivity contribution in [3.63, 3.8) is 0 Å². The van der Waals surface area contributed by atoms with Crippen molar-refractivity contribution in [3.8, 4) is 6.07 Å². The molecule has 2 heteroatoms. The first-order valence-electron chi connectivity index (χ1n) is 4.32. The lowest BCUT2D eigenvalue weighted by Crippen LogP contribution is -2.45. The quantitative estimate of drug-likeness (QED) is 0.620. The van der Waals surface area contributed by atoms with Gasteiger partial charge in [-0.2, -0.15) is 5.26 Å². The van der Waals surface area contributed by atoms with Gasteiger partial charge < -0.3 is 5.32 Å². The van der Waals surface area contributed by atoms with Gasteiger partial charge in [-0.3, -0.25) is 0 Å². The van der Waals surface area contributed by atoms with Gasteiger partial charge in [-0.15, -0.1) is 0 Å². The summed E-state index contributed by atoms with van der Waals surface area (Å²) in [4.78, 5) is 0. The Morgan fingerprint density at radius 3 is 2.73 bits per heavy atom. The third kappa shape index (κ3) is 1.72. The molecule has 62 valence electrons. The van der Waals surface area contributed by atoms with Gasteiger partial charge in [0.1, 0.15) is 5.54 Å². The minimum atomic E-state index is -0.211. The van der Waals surface area contributed by atoms with Gasteiger partial charge in [-0.05, 0) is 25.8 Å². The highest BCUT2D eigenvalue weighted by molar-refractivity contribution is 5.08. The van der Waals surface area contributed by atoms with Crippen LogP contribution in [-0.2, 0) is 0 Å². The Morgan fingerprint density at radius 1 is 1.64 bits per heavy atom. The van der Waals surface area contributed by atoms with Crippen LogP contribution >= 0.6 is 0 Å². The van der Waals surface area contributed by atoms with Crippen LogP contribution in [0.5, 0.6) is 0 Å². The van der Waals surface area contributed by atoms with E-state index in [1.54, 1.807) is 0 Å². The number of nitriles is 1. The number of nitrogens with zero attached hydrogens (tertiary/aromatic N) is 1. The summed E-state index contributed by atoms with van der Waals surface area (Å²) in [5.74, 6) is 0.704. The zero-order valence-corrected chi connectivity index (χ0v) is 7.35. The molecule has 2 nitrogen and oxygen atoms in total. The zero-order chi connectivity index (χ0) is 8.32. The minimum absolute atomic E-state index is 0.211. The van der Waals surface area contributed by atoms with Crippen LogP contribution in [0.1, 0.15) is 32.6 Å². The second kappa shape index (κ2) is 3.23. The SMILES string of the molecule is CN[C@]1(C#N)CCC[C@H](C)C1. The van der Waals surface area contributed by atoms with Crippen LogP contribution in [0.15, 0.2) is 0 Å². The number of nitrogens with one attached hydrogen (secondary N) is 1. The zero-order valence-electron chi connectivity index (χ0n) is 7.35. The van der Waals surface area contributed by atoms with Gasteiger partial charge in [-0.1, -0.05) is 19.8 Å². The highest BCUT2D eigenvalue weighted by atomic mass is 14.9. The van der Waals surface area contributed by atoms with E-state index in [4.69, 9.17) is 5.26 Å². The molecule has 0 bridgehead atoms. The van der Waals surface area contributed by atoms with E-state index in [0.29, 0.717) is 5.92 Å². The van der Waals surface area contributed by atoms with E-state index in [-0.39, 0.29) is 5.54 Å². The van der Waals surface area contributed by atoms with Gasteiger partial charge in [-0.25, -0.2) is 0 Å². The van der Waals surface area contributed by atoms with Crippen molar-refractivity contribution in [2.75, 3.05) is 7.05 Å². The minimum Gasteiger partial charge on any atom is -0.302 e. The lowest BCUT2D eigenvalue weighted by atomic mass is 9.77. The Hall–Kier alpha value is -0.550. The molecule has 11 heavy (non-hydrogen) atoms. The average Bonchev–Trinajstić information content (AvgIpc) is 2.04. The van der Waals surface area contributed by atoms with E-state index in [0.717, 1.165) is 12.8 Å². The maximum absolute atomic E-state index is 8.95. The summed E-state index contributed by atoms with van der Waals surface area (Å²) in [5, 5.41) is 12.1. The molecule has 0 amide bonds. The molecule has 0 radical (unpaired) electrons. The van der Waals surface area contributed by atoms with Gasteiger partial charge in [0.2, 0.25) is 0 Å². The largest absolute Gasteiger partial charge is 0.302 e. The normalized spacial score (nSPS) is 38.1. The monoisotopic (exact) mass is 152 g/mol. The first-order chi connectivity index (χ1) is 5.22. The molecule has 1 saturated carbocycles. The molecule has 0 aromatic heterocycles. The van der Waals surface area contributed by atoms with Crippen LogP contribution in [0.25, 0.3) is 0 Å². The van der Waals surface area contributed by atoms with Gasteiger partial charge >= 0.3 is 0 Å². The lowest BCUT2D eigenvalue weighted by molar-refractivity contribution is 0.254. The molecule has 1 aliphatic carbocycles. The second-order valence-corrected chi connectivity index (χ2v) is 3.65. The van der Waals surface area contributed by atoms with Crippen LogP contribution in [0.3, 0.4) is 0 Å². The summed E-state index contributed by atoms with van der Waals surface area (Å²) in [6, 6.07) is 2.39. The molecule has 1 N–H and O–H groups in total. The van der Waals surface area contributed by atoms with Gasteiger partial charge in [0.05, 0.1) is 6.07 Å². The van der Waals surface area contributed by atoms with Crippen LogP contribution in [0.2, 0.25) is 0 Å². The molecule has 0 aromatic rings. The second-order valence-electron chi connectivity index (χ2n) is 3.65. The Balaban J connectivity index is 2.62. The third-order valence-corrected chi connectivity index (χ3v) is 2.69. The van der Waals surface area contributed by atoms with Crippen molar-refractivity contribution in [2.45, 2.75) is 38.1 Å². The van der Waals surface area contributed by atoms with E-state index in [1.165, 1.54) is 12.8 Å². The van der Waals surface area contributed by atoms with E-state index < -0.39 is 0 Å². The van der Waals surface area contributed by atoms with Crippen molar-refractivity contribution in [1.29, 1.82) is 5.26 Å². The average molecular weight is 152 g/mol. The molecule has 1 aliphatic rings. The van der Waals surface area contributed by atoms with Crippen molar-refractivity contribution >= 4 is 0 Å². The fraction of sp³-hybridized carbons (Fsp3) is 0.889. The standard InChI is InChI=1S/C9H16N2/c1-8-4-3-5-9(6-8,7-10)11-2/h8,11H,3-6H2,1-2H3/t8-,9+/m0/s1. The van der Waals surface area contributed by atoms with Gasteiger partial charge in [0.25, 0.3) is 0 Å². The van der Waals surface area contributed by atoms with E-state index in [2.05, 4.69) is 18.3 Å².